The lowest BCUT2D eigenvalue weighted by molar-refractivity contribution is -0.140. The Hall–Kier alpha value is -4.69. The van der Waals surface area contributed by atoms with Crippen LogP contribution in [0.15, 0.2) is 97.1 Å². The van der Waals surface area contributed by atoms with E-state index in [4.69, 9.17) is 11.6 Å². The average Bonchev–Trinajstić information content (AvgIpc) is 3.37. The van der Waals surface area contributed by atoms with Crippen molar-refractivity contribution in [3.63, 3.8) is 0 Å². The molecule has 1 atom stereocenters. The number of anilines is 2. The van der Waals surface area contributed by atoms with E-state index in [0.717, 1.165) is 22.3 Å². The topological polar surface area (TPSA) is 83.4 Å². The number of aromatic nitrogens is 3. The van der Waals surface area contributed by atoms with Gasteiger partial charge < -0.3 is 15.1 Å². The molecule has 0 aliphatic rings. The predicted molar refractivity (Wildman–Crippen MR) is 163 cm³/mol. The summed E-state index contributed by atoms with van der Waals surface area (Å²) in [5.74, 6) is -0.614. The van der Waals surface area contributed by atoms with Gasteiger partial charge >= 0.3 is 0 Å². The van der Waals surface area contributed by atoms with Gasteiger partial charge in [-0.3, -0.25) is 9.59 Å². The Kier molecular flexibility index (Phi) is 8.31. The molecule has 0 radical (unpaired) electrons. The van der Waals surface area contributed by atoms with E-state index in [1.807, 2.05) is 98.7 Å². The van der Waals surface area contributed by atoms with Crippen LogP contribution >= 0.6 is 11.6 Å². The summed E-state index contributed by atoms with van der Waals surface area (Å²) < 4.78 is 1.57. The Morgan fingerprint density at radius 3 is 2.29 bits per heavy atom. The molecule has 0 fully saturated rings. The van der Waals surface area contributed by atoms with Crippen LogP contribution in [-0.2, 0) is 22.7 Å². The van der Waals surface area contributed by atoms with Gasteiger partial charge in [0.1, 0.15) is 18.1 Å². The van der Waals surface area contributed by atoms with Crippen LogP contribution in [0.5, 0.6) is 0 Å². The first kappa shape index (κ1) is 27.9. The maximum absolute atomic E-state index is 14.2. The van der Waals surface area contributed by atoms with E-state index in [1.54, 1.807) is 33.8 Å². The highest BCUT2D eigenvalue weighted by Crippen LogP contribution is 2.28. The zero-order valence-electron chi connectivity index (χ0n) is 23.2. The largest absolute Gasteiger partial charge is 0.378 e. The Balaban J connectivity index is 1.54. The van der Waals surface area contributed by atoms with Gasteiger partial charge in [-0.1, -0.05) is 65.3 Å². The molecule has 5 rings (SSSR count). The van der Waals surface area contributed by atoms with Gasteiger partial charge in [0.2, 0.25) is 5.91 Å². The number of benzene rings is 4. The van der Waals surface area contributed by atoms with Gasteiger partial charge in [0.15, 0.2) is 0 Å². The van der Waals surface area contributed by atoms with Crippen molar-refractivity contribution < 1.29 is 9.59 Å². The average molecular weight is 567 g/mol. The van der Waals surface area contributed by atoms with Gasteiger partial charge in [-0.2, -0.15) is 0 Å². The third-order valence-electron chi connectivity index (χ3n) is 7.02. The van der Waals surface area contributed by atoms with Crippen molar-refractivity contribution in [1.82, 2.24) is 19.9 Å². The van der Waals surface area contributed by atoms with Gasteiger partial charge in [0.25, 0.3) is 5.91 Å². The van der Waals surface area contributed by atoms with Crippen LogP contribution in [0.3, 0.4) is 0 Å². The summed E-state index contributed by atoms with van der Waals surface area (Å²) in [4.78, 5) is 31.8. The molecule has 0 saturated heterocycles. The van der Waals surface area contributed by atoms with E-state index in [9.17, 15) is 9.59 Å². The van der Waals surface area contributed by atoms with Crippen LogP contribution in [-0.4, -0.2) is 45.8 Å². The van der Waals surface area contributed by atoms with E-state index in [-0.39, 0.29) is 24.9 Å². The minimum absolute atomic E-state index is 0.0820. The van der Waals surface area contributed by atoms with Crippen LogP contribution in [0.4, 0.5) is 11.4 Å². The number of nitrogens with one attached hydrogen (secondary N) is 1. The van der Waals surface area contributed by atoms with Crippen molar-refractivity contribution in [2.24, 2.45) is 0 Å². The minimum atomic E-state index is -0.942. The first-order chi connectivity index (χ1) is 19.8. The minimum Gasteiger partial charge on any atom is -0.378 e. The highest BCUT2D eigenvalue weighted by atomic mass is 35.5. The molecule has 208 valence electrons. The van der Waals surface area contributed by atoms with Crippen LogP contribution in [0, 0.1) is 6.92 Å². The van der Waals surface area contributed by atoms with Gasteiger partial charge in [0, 0.05) is 37.0 Å². The molecule has 0 aliphatic carbocycles. The Labute approximate surface area is 244 Å². The van der Waals surface area contributed by atoms with Crippen molar-refractivity contribution in [3.8, 4) is 0 Å². The standard InChI is InChI=1S/C32H31ClN6O2/c1-22-8-4-5-9-24(22)20-38(30(40)21-39-29-11-7-6-10-28(29)35-36-39)31(23-12-14-25(33)15-13-23)32(41)34-26-16-18-27(19-17-26)37(2)3/h4-19,31H,20-21H2,1-3H3,(H,34,41). The smallest absolute Gasteiger partial charge is 0.251 e. The second-order valence-electron chi connectivity index (χ2n) is 10.1. The van der Waals surface area contributed by atoms with Crippen LogP contribution in [0.2, 0.25) is 5.02 Å². The molecule has 9 heteroatoms. The van der Waals surface area contributed by atoms with E-state index in [2.05, 4.69) is 15.6 Å². The van der Waals surface area contributed by atoms with E-state index >= 15 is 0 Å². The van der Waals surface area contributed by atoms with Crippen molar-refractivity contribution >= 4 is 45.8 Å². The molecule has 1 aromatic heterocycles. The van der Waals surface area contributed by atoms with E-state index in [0.29, 0.717) is 21.8 Å². The summed E-state index contributed by atoms with van der Waals surface area (Å²) in [5, 5.41) is 12.0. The molecule has 2 amide bonds. The highest BCUT2D eigenvalue weighted by Gasteiger charge is 2.32. The number of hydrogen-bond acceptors (Lipinski definition) is 5. The zero-order valence-corrected chi connectivity index (χ0v) is 23.9. The third-order valence-corrected chi connectivity index (χ3v) is 7.28. The second kappa shape index (κ2) is 12.2. The number of hydrogen-bond donors (Lipinski definition) is 1. The first-order valence-electron chi connectivity index (χ1n) is 13.3. The third kappa shape index (κ3) is 6.39. The summed E-state index contributed by atoms with van der Waals surface area (Å²) in [6.07, 6.45) is 0. The van der Waals surface area contributed by atoms with Crippen molar-refractivity contribution in [3.05, 3.63) is 119 Å². The lowest BCUT2D eigenvalue weighted by Gasteiger charge is -2.32. The van der Waals surface area contributed by atoms with Crippen LogP contribution < -0.4 is 10.2 Å². The lowest BCUT2D eigenvalue weighted by Crippen LogP contribution is -2.42. The SMILES string of the molecule is Cc1ccccc1CN(C(=O)Cn1nnc2ccccc21)C(C(=O)Nc1ccc(N(C)C)cc1)c1ccc(Cl)cc1. The number of nitrogens with zero attached hydrogens (tertiary/aromatic N) is 5. The summed E-state index contributed by atoms with van der Waals surface area (Å²) in [5.41, 5.74) is 5.67. The summed E-state index contributed by atoms with van der Waals surface area (Å²) >= 11 is 6.21. The number of carbonyl (C=O) groups excluding carboxylic acids is 2. The quantitative estimate of drug-likeness (QED) is 0.241. The molecule has 5 aromatic rings. The molecule has 1 heterocycles. The molecule has 1 N–H and O–H groups in total. The fourth-order valence-electron chi connectivity index (χ4n) is 4.72. The Morgan fingerprint density at radius 1 is 0.902 bits per heavy atom. The fraction of sp³-hybridized carbons (Fsp3) is 0.188. The number of carbonyl (C=O) groups is 2. The molecular formula is C32H31ClN6O2. The number of para-hydroxylation sites is 1. The lowest BCUT2D eigenvalue weighted by atomic mass is 10.0. The molecule has 0 aliphatic heterocycles. The summed E-state index contributed by atoms with van der Waals surface area (Å²) in [6, 6.07) is 28.9. The fourth-order valence-corrected chi connectivity index (χ4v) is 4.84. The van der Waals surface area contributed by atoms with Crippen molar-refractivity contribution in [2.45, 2.75) is 26.1 Å². The van der Waals surface area contributed by atoms with Gasteiger partial charge in [-0.25, -0.2) is 4.68 Å². The van der Waals surface area contributed by atoms with Gasteiger partial charge in [0.05, 0.1) is 5.52 Å². The maximum atomic E-state index is 14.2. The Bertz CT molecular complexity index is 1660. The predicted octanol–water partition coefficient (Wildman–Crippen LogP) is 5.87. The van der Waals surface area contributed by atoms with Crippen LogP contribution in [0.1, 0.15) is 22.7 Å². The normalized spacial score (nSPS) is 11.7. The summed E-state index contributed by atoms with van der Waals surface area (Å²) in [6.45, 7) is 2.13. The van der Waals surface area contributed by atoms with E-state index in [1.165, 1.54) is 0 Å². The number of fused-ring (bicyclic) bond motifs is 1. The van der Waals surface area contributed by atoms with Gasteiger partial charge in [-0.05, 0) is 72.1 Å². The molecule has 0 bridgehead atoms. The Morgan fingerprint density at radius 2 is 1.59 bits per heavy atom. The van der Waals surface area contributed by atoms with Crippen LogP contribution in [0.25, 0.3) is 11.0 Å². The molecular weight excluding hydrogens is 536 g/mol. The highest BCUT2D eigenvalue weighted by molar-refractivity contribution is 6.30. The molecule has 41 heavy (non-hydrogen) atoms. The molecule has 4 aromatic carbocycles. The second-order valence-corrected chi connectivity index (χ2v) is 10.5. The van der Waals surface area contributed by atoms with Gasteiger partial charge in [-0.15, -0.1) is 5.10 Å². The number of aryl methyl sites for hydroxylation is 1. The molecule has 0 spiro atoms. The molecule has 8 nitrogen and oxygen atoms in total. The van der Waals surface area contributed by atoms with Crippen molar-refractivity contribution in [1.29, 1.82) is 0 Å². The maximum Gasteiger partial charge on any atom is 0.251 e. The van der Waals surface area contributed by atoms with Crippen molar-refractivity contribution in [2.75, 3.05) is 24.3 Å². The van der Waals surface area contributed by atoms with E-state index < -0.39 is 6.04 Å². The number of halogens is 1. The number of rotatable bonds is 9. The summed E-state index contributed by atoms with van der Waals surface area (Å²) in [7, 11) is 3.91. The monoisotopic (exact) mass is 566 g/mol. The zero-order chi connectivity index (χ0) is 28.9. The first-order valence-corrected chi connectivity index (χ1v) is 13.6. The molecule has 1 unspecified atom stereocenters. The molecule has 0 saturated carbocycles. The number of amides is 2.